The van der Waals surface area contributed by atoms with E-state index in [1.165, 1.54) is 31.4 Å². The Balaban J connectivity index is 1.68. The zero-order chi connectivity index (χ0) is 18.7. The highest BCUT2D eigenvalue weighted by atomic mass is 32.2. The molecule has 2 aromatic rings. The molecule has 0 aromatic heterocycles. The quantitative estimate of drug-likeness (QED) is 0.757. The zero-order valence-electron chi connectivity index (χ0n) is 14.1. The molecule has 1 saturated carbocycles. The first-order valence-electron chi connectivity index (χ1n) is 8.01. The maximum Gasteiger partial charge on any atom is 0.337 e. The first kappa shape index (κ1) is 17.9. The number of nitrogens with one attached hydrogen (secondary N) is 2. The van der Waals surface area contributed by atoms with E-state index in [1.807, 2.05) is 0 Å². The van der Waals surface area contributed by atoms with Crippen molar-refractivity contribution in [2.45, 2.75) is 17.7 Å². The van der Waals surface area contributed by atoms with Crippen molar-refractivity contribution in [1.29, 1.82) is 0 Å². The lowest BCUT2D eigenvalue weighted by Gasteiger charge is -2.10. The van der Waals surface area contributed by atoms with Crippen LogP contribution >= 0.6 is 0 Å². The number of hydrogen-bond acceptors (Lipinski definition) is 5. The second-order valence-corrected chi connectivity index (χ2v) is 7.64. The van der Waals surface area contributed by atoms with Gasteiger partial charge in [-0.15, -0.1) is 0 Å². The van der Waals surface area contributed by atoms with Gasteiger partial charge in [-0.05, 0) is 61.4 Å². The Hall–Kier alpha value is -2.87. The van der Waals surface area contributed by atoms with Gasteiger partial charge < -0.3 is 10.1 Å². The van der Waals surface area contributed by atoms with Gasteiger partial charge >= 0.3 is 5.97 Å². The van der Waals surface area contributed by atoms with E-state index >= 15 is 0 Å². The highest BCUT2D eigenvalue weighted by molar-refractivity contribution is 7.92. The van der Waals surface area contributed by atoms with Gasteiger partial charge in [0, 0.05) is 17.3 Å². The molecule has 8 heteroatoms. The van der Waals surface area contributed by atoms with Crippen molar-refractivity contribution in [3.63, 3.8) is 0 Å². The van der Waals surface area contributed by atoms with Crippen molar-refractivity contribution in [1.82, 2.24) is 0 Å². The summed E-state index contributed by atoms with van der Waals surface area (Å²) in [5.74, 6) is -0.448. The van der Waals surface area contributed by atoms with Gasteiger partial charge in [-0.3, -0.25) is 9.52 Å². The van der Waals surface area contributed by atoms with Crippen molar-refractivity contribution in [3.05, 3.63) is 54.1 Å². The van der Waals surface area contributed by atoms with Gasteiger partial charge in [-0.25, -0.2) is 13.2 Å². The van der Waals surface area contributed by atoms with E-state index in [1.54, 1.807) is 24.3 Å². The molecule has 1 aliphatic rings. The number of esters is 1. The third kappa shape index (κ3) is 4.20. The van der Waals surface area contributed by atoms with Crippen LogP contribution in [0.1, 0.15) is 23.2 Å². The van der Waals surface area contributed by atoms with E-state index in [0.29, 0.717) is 11.4 Å². The van der Waals surface area contributed by atoms with Crippen LogP contribution in [0.3, 0.4) is 0 Å². The summed E-state index contributed by atoms with van der Waals surface area (Å²) >= 11 is 0. The Bertz CT molecular complexity index is 917. The topological polar surface area (TPSA) is 102 Å². The van der Waals surface area contributed by atoms with E-state index in [-0.39, 0.29) is 22.3 Å². The van der Waals surface area contributed by atoms with E-state index in [0.717, 1.165) is 12.8 Å². The molecule has 0 heterocycles. The highest BCUT2D eigenvalue weighted by Gasteiger charge is 2.29. The molecule has 0 atom stereocenters. The largest absolute Gasteiger partial charge is 0.465 e. The number of hydrogen-bond donors (Lipinski definition) is 2. The third-order valence-corrected chi connectivity index (χ3v) is 5.34. The number of ether oxygens (including phenoxy) is 1. The van der Waals surface area contributed by atoms with Crippen molar-refractivity contribution in [3.8, 4) is 0 Å². The van der Waals surface area contributed by atoms with Crippen LogP contribution in [0.4, 0.5) is 11.4 Å². The average molecular weight is 374 g/mol. The van der Waals surface area contributed by atoms with Crippen molar-refractivity contribution in [2.75, 3.05) is 17.1 Å². The summed E-state index contributed by atoms with van der Waals surface area (Å²) in [7, 11) is -2.54. The van der Waals surface area contributed by atoms with E-state index in [4.69, 9.17) is 0 Å². The summed E-state index contributed by atoms with van der Waals surface area (Å²) < 4.78 is 31.9. The number of rotatable bonds is 6. The van der Waals surface area contributed by atoms with Gasteiger partial charge in [0.25, 0.3) is 10.0 Å². The fourth-order valence-corrected chi connectivity index (χ4v) is 3.37. The highest BCUT2D eigenvalue weighted by Crippen LogP contribution is 2.30. The fourth-order valence-electron chi connectivity index (χ4n) is 2.31. The molecule has 3 rings (SSSR count). The lowest BCUT2D eigenvalue weighted by atomic mass is 10.2. The third-order valence-electron chi connectivity index (χ3n) is 3.94. The number of amides is 1. The summed E-state index contributed by atoms with van der Waals surface area (Å²) in [6.07, 6.45) is 1.83. The molecule has 7 nitrogen and oxygen atoms in total. The van der Waals surface area contributed by atoms with Crippen LogP contribution in [-0.2, 0) is 19.6 Å². The maximum atomic E-state index is 12.4. The molecule has 1 amide bonds. The number of sulfonamides is 1. The van der Waals surface area contributed by atoms with Crippen LogP contribution in [0.15, 0.2) is 53.4 Å². The molecule has 0 spiro atoms. The van der Waals surface area contributed by atoms with Crippen LogP contribution < -0.4 is 10.0 Å². The molecule has 1 fully saturated rings. The molecule has 0 radical (unpaired) electrons. The second kappa shape index (κ2) is 7.17. The molecule has 1 aliphatic carbocycles. The Morgan fingerprint density at radius 2 is 1.54 bits per heavy atom. The van der Waals surface area contributed by atoms with Crippen LogP contribution in [0.5, 0.6) is 0 Å². The number of methoxy groups -OCH3 is 1. The summed E-state index contributed by atoms with van der Waals surface area (Å²) in [5.41, 5.74) is 1.25. The predicted octanol–water partition coefficient (Wildman–Crippen LogP) is 2.62. The Labute approximate surface area is 151 Å². The Morgan fingerprint density at radius 1 is 0.962 bits per heavy atom. The normalized spacial score (nSPS) is 13.7. The second-order valence-electron chi connectivity index (χ2n) is 5.96. The fraction of sp³-hybridized carbons (Fsp3) is 0.222. The molecule has 26 heavy (non-hydrogen) atoms. The maximum absolute atomic E-state index is 12.4. The van der Waals surface area contributed by atoms with Crippen molar-refractivity contribution >= 4 is 33.3 Å². The molecular formula is C18H18N2O5S. The average Bonchev–Trinajstić information content (AvgIpc) is 3.48. The minimum atomic E-state index is -3.79. The van der Waals surface area contributed by atoms with Gasteiger partial charge in [0.2, 0.25) is 5.91 Å². The molecule has 2 aromatic carbocycles. The number of benzene rings is 2. The predicted molar refractivity (Wildman–Crippen MR) is 96.4 cm³/mol. The summed E-state index contributed by atoms with van der Waals surface area (Å²) in [5, 5.41) is 2.79. The van der Waals surface area contributed by atoms with E-state index in [9.17, 15) is 18.0 Å². The minimum Gasteiger partial charge on any atom is -0.465 e. The van der Waals surface area contributed by atoms with E-state index in [2.05, 4.69) is 14.8 Å². The van der Waals surface area contributed by atoms with Crippen LogP contribution in [0.25, 0.3) is 0 Å². The molecule has 0 aliphatic heterocycles. The Morgan fingerprint density at radius 3 is 2.08 bits per heavy atom. The van der Waals surface area contributed by atoms with Gasteiger partial charge in [0.05, 0.1) is 17.6 Å². The summed E-state index contributed by atoms with van der Waals surface area (Å²) in [4.78, 5) is 23.1. The lowest BCUT2D eigenvalue weighted by molar-refractivity contribution is -0.117. The smallest absolute Gasteiger partial charge is 0.337 e. The summed E-state index contributed by atoms with van der Waals surface area (Å²) in [6, 6.07) is 11.9. The van der Waals surface area contributed by atoms with E-state index < -0.39 is 16.0 Å². The molecular weight excluding hydrogens is 356 g/mol. The van der Waals surface area contributed by atoms with Gasteiger partial charge in [-0.2, -0.15) is 0 Å². The SMILES string of the molecule is COC(=O)c1ccc(S(=O)(=O)Nc2ccc(NC(=O)C3CC3)cc2)cc1. The first-order valence-corrected chi connectivity index (χ1v) is 9.49. The number of carbonyl (C=O) groups excluding carboxylic acids is 2. The molecule has 0 saturated heterocycles. The molecule has 2 N–H and O–H groups in total. The van der Waals surface area contributed by atoms with Gasteiger partial charge in [0.15, 0.2) is 0 Å². The summed E-state index contributed by atoms with van der Waals surface area (Å²) in [6.45, 7) is 0. The number of anilines is 2. The van der Waals surface area contributed by atoms with Crippen LogP contribution in [0.2, 0.25) is 0 Å². The lowest BCUT2D eigenvalue weighted by Crippen LogP contribution is -2.14. The molecule has 136 valence electrons. The monoisotopic (exact) mass is 374 g/mol. The van der Waals surface area contributed by atoms with Crippen LogP contribution in [-0.4, -0.2) is 27.4 Å². The van der Waals surface area contributed by atoms with Gasteiger partial charge in [0.1, 0.15) is 0 Å². The van der Waals surface area contributed by atoms with Crippen LogP contribution in [0, 0.1) is 5.92 Å². The van der Waals surface area contributed by atoms with Crippen molar-refractivity contribution < 1.29 is 22.7 Å². The van der Waals surface area contributed by atoms with Gasteiger partial charge in [-0.1, -0.05) is 0 Å². The molecule has 0 bridgehead atoms. The zero-order valence-corrected chi connectivity index (χ0v) is 14.9. The standard InChI is InChI=1S/C18H18N2O5S/c1-25-18(22)13-4-10-16(11-5-13)26(23,24)20-15-8-6-14(7-9-15)19-17(21)12-2-3-12/h4-12,20H,2-3H2,1H3,(H,19,21). The van der Waals surface area contributed by atoms with Crippen molar-refractivity contribution in [2.24, 2.45) is 5.92 Å². The number of carbonyl (C=O) groups is 2. The minimum absolute atomic E-state index is 0.0102. The Kier molecular flexibility index (Phi) is 4.94. The molecule has 0 unspecified atom stereocenters. The first-order chi connectivity index (χ1) is 12.4.